The minimum Gasteiger partial charge on any atom is -0.497 e. The van der Waals surface area contributed by atoms with Crippen molar-refractivity contribution < 1.29 is 24.5 Å². The Morgan fingerprint density at radius 3 is 2.34 bits per heavy atom. The van der Waals surface area contributed by atoms with Crippen LogP contribution in [0.1, 0.15) is 96.3 Å². The lowest BCUT2D eigenvalue weighted by atomic mass is 9.32. The van der Waals surface area contributed by atoms with Crippen LogP contribution in [0, 0.1) is 33.5 Å². The first kappa shape index (κ1) is 31.3. The minimum absolute atomic E-state index is 0.0130. The largest absolute Gasteiger partial charge is 0.497 e. The predicted molar refractivity (Wildman–Crippen MR) is 171 cm³/mol. The molecule has 3 fully saturated rings. The Hall–Kier alpha value is -2.64. The molecule has 7 nitrogen and oxygen atoms in total. The molecule has 44 heavy (non-hydrogen) atoms. The van der Waals surface area contributed by atoms with Gasteiger partial charge in [0.15, 0.2) is 5.78 Å². The van der Waals surface area contributed by atoms with E-state index in [1.807, 2.05) is 43.0 Å². The van der Waals surface area contributed by atoms with E-state index in [-0.39, 0.29) is 53.2 Å². The number of aliphatic hydroxyl groups excluding tert-OH is 1. The zero-order valence-corrected chi connectivity index (χ0v) is 27.5. The first-order chi connectivity index (χ1) is 20.8. The van der Waals surface area contributed by atoms with Gasteiger partial charge in [-0.25, -0.2) is 4.79 Å². The maximum Gasteiger partial charge on any atom is 0.317 e. The van der Waals surface area contributed by atoms with E-state index in [4.69, 9.17) is 4.74 Å². The number of nitrogens with one attached hydrogen (secondary N) is 1. The van der Waals surface area contributed by atoms with E-state index in [0.29, 0.717) is 30.7 Å². The highest BCUT2D eigenvalue weighted by molar-refractivity contribution is 6.10. The van der Waals surface area contributed by atoms with Gasteiger partial charge in [0.1, 0.15) is 5.75 Å². The number of ketones is 1. The van der Waals surface area contributed by atoms with Crippen LogP contribution in [-0.4, -0.2) is 64.9 Å². The molecule has 7 rings (SSSR count). The van der Waals surface area contributed by atoms with E-state index in [1.54, 1.807) is 7.11 Å². The molecule has 0 radical (unpaired) electrons. The fourth-order valence-electron chi connectivity index (χ4n) is 10.7. The molecule has 0 heterocycles. The van der Waals surface area contributed by atoms with E-state index in [1.165, 1.54) is 0 Å². The van der Waals surface area contributed by atoms with Gasteiger partial charge in [0, 0.05) is 40.0 Å². The number of fused-ring (bicyclic) bond motifs is 1. The number of rotatable bonds is 8. The van der Waals surface area contributed by atoms with Gasteiger partial charge in [-0.05, 0) is 107 Å². The highest BCUT2D eigenvalue weighted by Crippen LogP contribution is 2.78. The number of ether oxygens (including phenoxy) is 1. The van der Waals surface area contributed by atoms with E-state index < -0.39 is 16.4 Å². The maximum atomic E-state index is 14.7. The summed E-state index contributed by atoms with van der Waals surface area (Å²) in [6, 6.07) is 7.29. The van der Waals surface area contributed by atoms with Crippen molar-refractivity contribution in [1.82, 2.24) is 10.2 Å². The van der Waals surface area contributed by atoms with Crippen molar-refractivity contribution in [1.29, 1.82) is 0 Å². The number of nitrogens with zero attached hydrogens (tertiary/aromatic N) is 1. The number of hydrogen-bond acceptors (Lipinski definition) is 5. The lowest BCUT2D eigenvalue weighted by Gasteiger charge is -2.71. The Morgan fingerprint density at radius 2 is 1.68 bits per heavy atom. The van der Waals surface area contributed by atoms with Crippen molar-refractivity contribution >= 4 is 11.8 Å². The molecule has 3 N–H and O–H groups in total. The van der Waals surface area contributed by atoms with Crippen molar-refractivity contribution in [3.8, 4) is 5.75 Å². The second-order valence-corrected chi connectivity index (χ2v) is 15.4. The monoisotopic (exact) mass is 604 g/mol. The fourth-order valence-corrected chi connectivity index (χ4v) is 10.7. The molecule has 2 bridgehead atoms. The number of amides is 2. The van der Waals surface area contributed by atoms with Crippen molar-refractivity contribution in [2.45, 2.75) is 104 Å². The van der Waals surface area contributed by atoms with Crippen molar-refractivity contribution in [3.63, 3.8) is 0 Å². The predicted octanol–water partition coefficient (Wildman–Crippen LogP) is 6.30. The highest BCUT2D eigenvalue weighted by Gasteiger charge is 2.74. The lowest BCUT2D eigenvalue weighted by molar-refractivity contribution is -0.174. The Morgan fingerprint density at radius 1 is 1.02 bits per heavy atom. The van der Waals surface area contributed by atoms with Gasteiger partial charge in [0.05, 0.1) is 25.4 Å². The molecule has 2 spiro atoms. The van der Waals surface area contributed by atoms with E-state index in [2.05, 4.69) is 44.3 Å². The van der Waals surface area contributed by atoms with Gasteiger partial charge in [0.25, 0.3) is 0 Å². The first-order valence-corrected chi connectivity index (χ1v) is 16.9. The quantitative estimate of drug-likeness (QED) is 0.239. The molecule has 0 saturated heterocycles. The molecule has 3 saturated carbocycles. The van der Waals surface area contributed by atoms with Gasteiger partial charge in [-0.3, -0.25) is 4.79 Å². The van der Waals surface area contributed by atoms with Crippen molar-refractivity contribution in [3.05, 3.63) is 53.6 Å². The number of methoxy groups -OCH3 is 1. The summed E-state index contributed by atoms with van der Waals surface area (Å²) in [5.41, 5.74) is -1.06. The molecule has 6 aliphatic rings. The minimum atomic E-state index is -1.07. The SMILES string of the molecule is CCCN(C[C@]1(O)CC[C@H]2[C@]34C=C[C@@]5(C=C3C(=O)c3ccc(OC)cc3)CC(O)CC[C@]5(C)[C@H]4CC[C@@]21C)C(=O)NC(C)C. The van der Waals surface area contributed by atoms with Crippen LogP contribution >= 0.6 is 0 Å². The Bertz CT molecular complexity index is 1370. The van der Waals surface area contributed by atoms with Crippen LogP contribution in [0.15, 0.2) is 48.1 Å². The molecule has 1 unspecified atom stereocenters. The molecule has 0 aromatic heterocycles. The van der Waals surface area contributed by atoms with Gasteiger partial charge in [0.2, 0.25) is 0 Å². The molecule has 2 amide bonds. The van der Waals surface area contributed by atoms with Crippen molar-refractivity contribution in [2.24, 2.45) is 33.5 Å². The zero-order chi connectivity index (χ0) is 31.7. The van der Waals surface area contributed by atoms with Gasteiger partial charge in [-0.2, -0.15) is 0 Å². The van der Waals surface area contributed by atoms with Gasteiger partial charge < -0.3 is 25.2 Å². The lowest BCUT2D eigenvalue weighted by Crippen LogP contribution is -2.67. The number of Topliss-reactive ketones (excluding diaryl/α,β-unsaturated/α-hetero) is 1. The Kier molecular flexibility index (Phi) is 7.64. The summed E-state index contributed by atoms with van der Waals surface area (Å²) >= 11 is 0. The summed E-state index contributed by atoms with van der Waals surface area (Å²) in [5.74, 6) is 1.02. The van der Waals surface area contributed by atoms with E-state index >= 15 is 0 Å². The standard InChI is InChI=1S/C37H52N2O5/c1-7-20-39(32(42)38-24(2)3)23-36(43)17-14-30-34(36,5)16-13-29-33(4)15-12-26(40)21-35(33)18-19-37(29,30)28(22-35)31(41)25-8-10-27(44-6)11-9-25/h8-11,18-19,22,24,26,29-30,40,43H,7,12-17,20-21,23H2,1-6H3,(H,38,42)/t26?,29-,30-,33-,34+,35+,36-,37-/m1/s1. The molecular formula is C37H52N2O5. The summed E-state index contributed by atoms with van der Waals surface area (Å²) in [6.45, 7) is 11.5. The van der Waals surface area contributed by atoms with Crippen LogP contribution in [0.2, 0.25) is 0 Å². The molecule has 1 aromatic rings. The third-order valence-electron chi connectivity index (χ3n) is 13.0. The molecular weight excluding hydrogens is 552 g/mol. The summed E-state index contributed by atoms with van der Waals surface area (Å²) in [7, 11) is 1.63. The second kappa shape index (κ2) is 10.7. The molecule has 1 aromatic carbocycles. The van der Waals surface area contributed by atoms with E-state index in [9.17, 15) is 19.8 Å². The van der Waals surface area contributed by atoms with Crippen LogP contribution < -0.4 is 10.1 Å². The molecule has 240 valence electrons. The zero-order valence-electron chi connectivity index (χ0n) is 27.5. The number of carbonyl (C=O) groups excluding carboxylic acids is 2. The van der Waals surface area contributed by atoms with Crippen LogP contribution in [0.3, 0.4) is 0 Å². The first-order valence-electron chi connectivity index (χ1n) is 16.9. The fraction of sp³-hybridized carbons (Fsp3) is 0.676. The summed E-state index contributed by atoms with van der Waals surface area (Å²) < 4.78 is 5.38. The third-order valence-corrected chi connectivity index (χ3v) is 13.0. The topological polar surface area (TPSA) is 99.1 Å². The average molecular weight is 605 g/mol. The summed E-state index contributed by atoms with van der Waals surface area (Å²) in [6.07, 6.45) is 12.8. The summed E-state index contributed by atoms with van der Waals surface area (Å²) in [5, 5.41) is 26.6. The molecule has 6 aliphatic carbocycles. The second-order valence-electron chi connectivity index (χ2n) is 15.4. The van der Waals surface area contributed by atoms with Gasteiger partial charge in [-0.15, -0.1) is 0 Å². The number of hydrogen-bond donors (Lipinski definition) is 3. The maximum absolute atomic E-state index is 14.7. The molecule has 0 aliphatic heterocycles. The smallest absolute Gasteiger partial charge is 0.317 e. The van der Waals surface area contributed by atoms with Crippen molar-refractivity contribution in [2.75, 3.05) is 20.2 Å². The van der Waals surface area contributed by atoms with Gasteiger partial charge in [-0.1, -0.05) is 39.0 Å². The average Bonchev–Trinajstić information content (AvgIpc) is 3.26. The van der Waals surface area contributed by atoms with Crippen LogP contribution in [-0.2, 0) is 0 Å². The molecule has 8 atom stereocenters. The van der Waals surface area contributed by atoms with E-state index in [0.717, 1.165) is 44.1 Å². The number of allylic oxidation sites excluding steroid dienone is 4. The Balaban J connectivity index is 1.45. The van der Waals surface area contributed by atoms with Crippen LogP contribution in [0.5, 0.6) is 5.75 Å². The number of benzene rings is 1. The number of urea groups is 1. The summed E-state index contributed by atoms with van der Waals surface area (Å²) in [4.78, 5) is 29.8. The highest BCUT2D eigenvalue weighted by atomic mass is 16.5. The van der Waals surface area contributed by atoms with Crippen LogP contribution in [0.25, 0.3) is 0 Å². The number of carbonyl (C=O) groups is 2. The number of aliphatic hydroxyl groups is 2. The Labute approximate surface area is 263 Å². The van der Waals surface area contributed by atoms with Gasteiger partial charge >= 0.3 is 6.03 Å². The van der Waals surface area contributed by atoms with Crippen LogP contribution in [0.4, 0.5) is 4.79 Å². The third kappa shape index (κ3) is 4.28. The molecule has 7 heteroatoms. The normalized spacial score (nSPS) is 40.1.